The lowest BCUT2D eigenvalue weighted by Crippen LogP contribution is -2.45. The Labute approximate surface area is 120 Å². The third-order valence-corrected chi connectivity index (χ3v) is 3.51. The van der Waals surface area contributed by atoms with Crippen molar-refractivity contribution >= 4 is 11.8 Å². The van der Waals surface area contributed by atoms with E-state index in [1.165, 1.54) is 19.3 Å². The van der Waals surface area contributed by atoms with E-state index in [4.69, 9.17) is 0 Å². The molecule has 1 atom stereocenters. The average Bonchev–Trinajstić information content (AvgIpc) is 2.42. The van der Waals surface area contributed by atoms with E-state index in [9.17, 15) is 4.79 Å². The van der Waals surface area contributed by atoms with Gasteiger partial charge in [0.25, 0.3) is 0 Å². The first-order valence-electron chi connectivity index (χ1n) is 7.36. The largest absolute Gasteiger partial charge is 0.334 e. The molecule has 0 aromatic carbocycles. The highest BCUT2D eigenvalue weighted by Gasteiger charge is 2.14. The second-order valence-electron chi connectivity index (χ2n) is 5.58. The maximum Gasteiger partial charge on any atom is 0.320 e. The molecule has 110 valence electrons. The van der Waals surface area contributed by atoms with Gasteiger partial charge in [0, 0.05) is 18.8 Å². The molecule has 20 heavy (non-hydrogen) atoms. The summed E-state index contributed by atoms with van der Waals surface area (Å²) >= 11 is 0. The molecule has 1 aromatic rings. The van der Waals surface area contributed by atoms with E-state index in [0.29, 0.717) is 5.82 Å². The number of rotatable bonds is 4. The number of amides is 2. The topological polar surface area (TPSA) is 57.3 Å². The fourth-order valence-electron chi connectivity index (χ4n) is 2.49. The molecule has 1 fully saturated rings. The molecule has 5 nitrogen and oxygen atoms in total. The molecule has 2 rings (SSSR count). The summed E-state index contributed by atoms with van der Waals surface area (Å²) in [6.07, 6.45) is 5.61. The van der Waals surface area contributed by atoms with Crippen LogP contribution in [0.25, 0.3) is 0 Å². The summed E-state index contributed by atoms with van der Waals surface area (Å²) in [6.45, 7) is 7.21. The fraction of sp³-hybridized carbons (Fsp3) is 0.600. The van der Waals surface area contributed by atoms with Gasteiger partial charge in [0.2, 0.25) is 0 Å². The summed E-state index contributed by atoms with van der Waals surface area (Å²) in [7, 11) is 0. The predicted molar refractivity (Wildman–Crippen MR) is 80.9 cm³/mol. The smallest absolute Gasteiger partial charge is 0.320 e. The van der Waals surface area contributed by atoms with Crippen molar-refractivity contribution in [3.05, 3.63) is 23.9 Å². The second-order valence-corrected chi connectivity index (χ2v) is 5.58. The molecule has 0 saturated carbocycles. The first-order valence-corrected chi connectivity index (χ1v) is 7.36. The van der Waals surface area contributed by atoms with Crippen LogP contribution in [-0.2, 0) is 0 Å². The zero-order valence-corrected chi connectivity index (χ0v) is 12.4. The Morgan fingerprint density at radius 1 is 1.35 bits per heavy atom. The van der Waals surface area contributed by atoms with Crippen LogP contribution in [0.2, 0.25) is 0 Å². The number of urea groups is 1. The molecule has 2 N–H and O–H groups in total. The molecule has 5 heteroatoms. The number of nitrogens with one attached hydrogen (secondary N) is 2. The lowest BCUT2D eigenvalue weighted by molar-refractivity contribution is 0.206. The number of pyridine rings is 1. The predicted octanol–water partition coefficient (Wildman–Crippen LogP) is 2.39. The fourth-order valence-corrected chi connectivity index (χ4v) is 2.49. The minimum atomic E-state index is -0.189. The number of aromatic nitrogens is 1. The van der Waals surface area contributed by atoms with E-state index in [0.717, 1.165) is 25.2 Å². The van der Waals surface area contributed by atoms with Crippen molar-refractivity contribution in [3.63, 3.8) is 0 Å². The van der Waals surface area contributed by atoms with Crippen molar-refractivity contribution in [2.45, 2.75) is 39.2 Å². The molecule has 0 spiro atoms. The van der Waals surface area contributed by atoms with Gasteiger partial charge in [-0.15, -0.1) is 0 Å². The minimum Gasteiger partial charge on any atom is -0.334 e. The van der Waals surface area contributed by atoms with E-state index in [1.54, 1.807) is 6.20 Å². The van der Waals surface area contributed by atoms with Crippen molar-refractivity contribution in [3.8, 4) is 0 Å². The van der Waals surface area contributed by atoms with E-state index < -0.39 is 0 Å². The summed E-state index contributed by atoms with van der Waals surface area (Å²) in [4.78, 5) is 18.4. The van der Waals surface area contributed by atoms with Gasteiger partial charge in [0.1, 0.15) is 5.82 Å². The molecule has 0 unspecified atom stereocenters. The van der Waals surface area contributed by atoms with Crippen LogP contribution >= 0.6 is 0 Å². The molecule has 0 radical (unpaired) electrons. The van der Waals surface area contributed by atoms with Crippen LogP contribution in [-0.4, -0.2) is 41.6 Å². The Hall–Kier alpha value is -1.62. The number of likely N-dealkylation sites (tertiary alicyclic amines) is 1. The third kappa shape index (κ3) is 4.81. The van der Waals surface area contributed by atoms with Crippen LogP contribution in [0.15, 0.2) is 18.3 Å². The second kappa shape index (κ2) is 7.24. The summed E-state index contributed by atoms with van der Waals surface area (Å²) in [6, 6.07) is 3.69. The van der Waals surface area contributed by atoms with Gasteiger partial charge >= 0.3 is 6.03 Å². The molecule has 1 saturated heterocycles. The Bertz CT molecular complexity index is 426. The molecule has 0 bridgehead atoms. The third-order valence-electron chi connectivity index (χ3n) is 3.51. The SMILES string of the molecule is Cc1ccc(NC(=O)N[C@@H](C)CN2CCCCC2)nc1. The molecule has 1 aromatic heterocycles. The lowest BCUT2D eigenvalue weighted by Gasteiger charge is -2.29. The zero-order valence-electron chi connectivity index (χ0n) is 12.4. The molecular formula is C15H24N4O. The van der Waals surface area contributed by atoms with Crippen molar-refractivity contribution in [2.75, 3.05) is 25.0 Å². The zero-order chi connectivity index (χ0) is 14.4. The number of piperidine rings is 1. The van der Waals surface area contributed by atoms with E-state index in [2.05, 4.69) is 20.5 Å². The first kappa shape index (κ1) is 14.8. The first-order chi connectivity index (χ1) is 9.63. The van der Waals surface area contributed by atoms with Gasteiger partial charge in [-0.05, 0) is 51.4 Å². The number of carbonyl (C=O) groups is 1. The van der Waals surface area contributed by atoms with Crippen molar-refractivity contribution in [1.29, 1.82) is 0 Å². The number of nitrogens with zero attached hydrogens (tertiary/aromatic N) is 2. The lowest BCUT2D eigenvalue weighted by atomic mass is 10.1. The van der Waals surface area contributed by atoms with Crippen LogP contribution in [0.3, 0.4) is 0 Å². The average molecular weight is 276 g/mol. The van der Waals surface area contributed by atoms with Gasteiger partial charge in [0.05, 0.1) is 0 Å². The highest BCUT2D eigenvalue weighted by molar-refractivity contribution is 5.88. The van der Waals surface area contributed by atoms with E-state index >= 15 is 0 Å². The van der Waals surface area contributed by atoms with Crippen LogP contribution in [0.5, 0.6) is 0 Å². The maximum absolute atomic E-state index is 11.9. The summed E-state index contributed by atoms with van der Waals surface area (Å²) in [5.41, 5.74) is 1.08. The number of hydrogen-bond donors (Lipinski definition) is 2. The molecule has 1 aliphatic rings. The van der Waals surface area contributed by atoms with Crippen LogP contribution in [0, 0.1) is 6.92 Å². The van der Waals surface area contributed by atoms with Gasteiger partial charge in [0.15, 0.2) is 0 Å². The van der Waals surface area contributed by atoms with Gasteiger partial charge < -0.3 is 10.2 Å². The van der Waals surface area contributed by atoms with Crippen LogP contribution in [0.1, 0.15) is 31.7 Å². The number of carbonyl (C=O) groups excluding carboxylic acids is 1. The Morgan fingerprint density at radius 2 is 2.10 bits per heavy atom. The molecule has 2 amide bonds. The van der Waals surface area contributed by atoms with Gasteiger partial charge in [-0.3, -0.25) is 5.32 Å². The van der Waals surface area contributed by atoms with Crippen LogP contribution in [0.4, 0.5) is 10.6 Å². The van der Waals surface area contributed by atoms with Crippen molar-refractivity contribution < 1.29 is 4.79 Å². The number of aryl methyl sites for hydroxylation is 1. The van der Waals surface area contributed by atoms with Gasteiger partial charge in [-0.25, -0.2) is 9.78 Å². The van der Waals surface area contributed by atoms with Crippen molar-refractivity contribution in [2.24, 2.45) is 0 Å². The van der Waals surface area contributed by atoms with E-state index in [1.807, 2.05) is 26.0 Å². The summed E-state index contributed by atoms with van der Waals surface area (Å²) in [5.74, 6) is 0.582. The molecule has 0 aliphatic carbocycles. The quantitative estimate of drug-likeness (QED) is 0.887. The Morgan fingerprint density at radius 3 is 2.75 bits per heavy atom. The minimum absolute atomic E-state index is 0.138. The molecular weight excluding hydrogens is 252 g/mol. The highest BCUT2D eigenvalue weighted by atomic mass is 16.2. The van der Waals surface area contributed by atoms with Crippen LogP contribution < -0.4 is 10.6 Å². The van der Waals surface area contributed by atoms with Gasteiger partial charge in [-0.2, -0.15) is 0 Å². The Balaban J connectivity index is 1.74. The monoisotopic (exact) mass is 276 g/mol. The molecule has 2 heterocycles. The summed E-state index contributed by atoms with van der Waals surface area (Å²) in [5, 5.41) is 5.72. The standard InChI is InChI=1S/C15H24N4O/c1-12-6-7-14(16-10-12)18-15(20)17-13(2)11-19-8-4-3-5-9-19/h6-7,10,13H,3-5,8-9,11H2,1-2H3,(H2,16,17,18,20)/t13-/m0/s1. The van der Waals surface area contributed by atoms with Crippen molar-refractivity contribution in [1.82, 2.24) is 15.2 Å². The number of hydrogen-bond acceptors (Lipinski definition) is 3. The van der Waals surface area contributed by atoms with Gasteiger partial charge in [-0.1, -0.05) is 12.5 Å². The highest BCUT2D eigenvalue weighted by Crippen LogP contribution is 2.09. The molecule has 1 aliphatic heterocycles. The normalized spacial score (nSPS) is 17.5. The van der Waals surface area contributed by atoms with E-state index in [-0.39, 0.29) is 12.1 Å². The number of anilines is 1. The summed E-state index contributed by atoms with van der Waals surface area (Å²) < 4.78 is 0. The maximum atomic E-state index is 11.9. The Kier molecular flexibility index (Phi) is 5.35.